The quantitative estimate of drug-likeness (QED) is 0.737. The number of benzene rings is 1. The zero-order chi connectivity index (χ0) is 10.7. The molecule has 0 radical (unpaired) electrons. The Kier molecular flexibility index (Phi) is 2.84. The van der Waals surface area contributed by atoms with Gasteiger partial charge in [0.2, 0.25) is 0 Å². The maximum Gasteiger partial charge on any atom is 0.0412 e. The Morgan fingerprint density at radius 2 is 2.13 bits per heavy atom. The lowest BCUT2D eigenvalue weighted by Crippen LogP contribution is -1.84. The van der Waals surface area contributed by atoms with Gasteiger partial charge >= 0.3 is 0 Å². The molecule has 0 saturated heterocycles. The third-order valence-corrected chi connectivity index (χ3v) is 2.44. The Bertz CT molecular complexity index is 491. The molecule has 0 aliphatic heterocycles. The van der Waals surface area contributed by atoms with Gasteiger partial charge in [-0.2, -0.15) is 0 Å². The minimum Gasteiger partial charge on any atom is -0.264 e. The second kappa shape index (κ2) is 4.28. The fourth-order valence-electron chi connectivity index (χ4n) is 1.49. The number of halogens is 1. The van der Waals surface area contributed by atoms with Crippen molar-refractivity contribution in [1.29, 1.82) is 0 Å². The standard InChI is InChI=1S/C13H10ClN/c1-2-10-9-15-7-6-13(10)11-4-3-5-12(14)8-11/h2-9H,1H2. The Labute approximate surface area is 94.1 Å². The molecule has 15 heavy (non-hydrogen) atoms. The first-order chi connectivity index (χ1) is 7.31. The molecule has 0 saturated carbocycles. The van der Waals surface area contributed by atoms with Crippen LogP contribution in [-0.2, 0) is 0 Å². The lowest BCUT2D eigenvalue weighted by atomic mass is 10.0. The number of rotatable bonds is 2. The van der Waals surface area contributed by atoms with Crippen LogP contribution in [0.1, 0.15) is 5.56 Å². The average molecular weight is 216 g/mol. The van der Waals surface area contributed by atoms with Gasteiger partial charge in [-0.05, 0) is 29.3 Å². The Morgan fingerprint density at radius 1 is 1.27 bits per heavy atom. The minimum absolute atomic E-state index is 0.735. The van der Waals surface area contributed by atoms with Gasteiger partial charge in [-0.15, -0.1) is 0 Å². The molecule has 1 heterocycles. The summed E-state index contributed by atoms with van der Waals surface area (Å²) >= 11 is 5.95. The van der Waals surface area contributed by atoms with Crippen LogP contribution in [0.3, 0.4) is 0 Å². The fourth-order valence-corrected chi connectivity index (χ4v) is 1.68. The van der Waals surface area contributed by atoms with E-state index in [0.29, 0.717) is 0 Å². The van der Waals surface area contributed by atoms with Crippen molar-refractivity contribution in [1.82, 2.24) is 4.98 Å². The van der Waals surface area contributed by atoms with Gasteiger partial charge < -0.3 is 0 Å². The summed E-state index contributed by atoms with van der Waals surface area (Å²) in [5, 5.41) is 0.735. The third kappa shape index (κ3) is 2.08. The molecule has 0 fully saturated rings. The first-order valence-corrected chi connectivity index (χ1v) is 5.01. The van der Waals surface area contributed by atoms with Crippen molar-refractivity contribution < 1.29 is 0 Å². The van der Waals surface area contributed by atoms with E-state index in [2.05, 4.69) is 11.6 Å². The van der Waals surface area contributed by atoms with Crippen LogP contribution in [0.5, 0.6) is 0 Å². The molecule has 0 aliphatic carbocycles. The highest BCUT2D eigenvalue weighted by molar-refractivity contribution is 6.30. The van der Waals surface area contributed by atoms with Crippen molar-refractivity contribution in [3.63, 3.8) is 0 Å². The molecule has 1 aromatic heterocycles. The average Bonchev–Trinajstić information content (AvgIpc) is 2.29. The molecule has 0 bridgehead atoms. The summed E-state index contributed by atoms with van der Waals surface area (Å²) in [5.74, 6) is 0. The lowest BCUT2D eigenvalue weighted by Gasteiger charge is -2.05. The van der Waals surface area contributed by atoms with Crippen molar-refractivity contribution >= 4 is 17.7 Å². The van der Waals surface area contributed by atoms with Gasteiger partial charge in [0.15, 0.2) is 0 Å². The lowest BCUT2D eigenvalue weighted by molar-refractivity contribution is 1.32. The molecule has 2 aromatic rings. The summed E-state index contributed by atoms with van der Waals surface area (Å²) in [4.78, 5) is 4.06. The fraction of sp³-hybridized carbons (Fsp3) is 0. The number of nitrogens with zero attached hydrogens (tertiary/aromatic N) is 1. The predicted molar refractivity (Wildman–Crippen MR) is 64.8 cm³/mol. The molecule has 0 spiro atoms. The number of aromatic nitrogens is 1. The van der Waals surface area contributed by atoms with Crippen LogP contribution in [0.2, 0.25) is 5.02 Å². The molecule has 0 atom stereocenters. The molecule has 0 aliphatic rings. The van der Waals surface area contributed by atoms with Crippen molar-refractivity contribution in [2.75, 3.05) is 0 Å². The zero-order valence-electron chi connectivity index (χ0n) is 8.15. The van der Waals surface area contributed by atoms with Crippen LogP contribution in [0.4, 0.5) is 0 Å². The number of hydrogen-bond donors (Lipinski definition) is 0. The largest absolute Gasteiger partial charge is 0.264 e. The smallest absolute Gasteiger partial charge is 0.0412 e. The van der Waals surface area contributed by atoms with Crippen LogP contribution in [0, 0.1) is 0 Å². The summed E-state index contributed by atoms with van der Waals surface area (Å²) in [6.45, 7) is 3.77. The first kappa shape index (κ1) is 9.94. The van der Waals surface area contributed by atoms with Gasteiger partial charge in [0.25, 0.3) is 0 Å². The van der Waals surface area contributed by atoms with Crippen LogP contribution < -0.4 is 0 Å². The first-order valence-electron chi connectivity index (χ1n) is 4.63. The van der Waals surface area contributed by atoms with Crippen molar-refractivity contribution in [2.45, 2.75) is 0 Å². The summed E-state index contributed by atoms with van der Waals surface area (Å²) in [5.41, 5.74) is 3.20. The Hall–Kier alpha value is -1.60. The molecule has 0 amide bonds. The van der Waals surface area contributed by atoms with Gasteiger partial charge in [0.1, 0.15) is 0 Å². The molecule has 1 nitrogen and oxygen atoms in total. The van der Waals surface area contributed by atoms with Crippen molar-refractivity contribution in [3.05, 3.63) is 59.9 Å². The maximum atomic E-state index is 5.95. The highest BCUT2D eigenvalue weighted by Gasteiger charge is 2.02. The summed E-state index contributed by atoms with van der Waals surface area (Å²) in [7, 11) is 0. The minimum atomic E-state index is 0.735. The van der Waals surface area contributed by atoms with Crippen molar-refractivity contribution in [3.8, 4) is 11.1 Å². The topological polar surface area (TPSA) is 12.9 Å². The molecule has 0 unspecified atom stereocenters. The van der Waals surface area contributed by atoms with E-state index in [1.807, 2.05) is 30.3 Å². The molecular formula is C13H10ClN. The molecule has 2 rings (SSSR count). The van der Waals surface area contributed by atoms with E-state index in [1.54, 1.807) is 18.5 Å². The van der Waals surface area contributed by atoms with E-state index < -0.39 is 0 Å². The maximum absolute atomic E-state index is 5.95. The Balaban J connectivity index is 2.58. The molecule has 1 aromatic carbocycles. The second-order valence-electron chi connectivity index (χ2n) is 3.18. The van der Waals surface area contributed by atoms with E-state index in [9.17, 15) is 0 Å². The van der Waals surface area contributed by atoms with Crippen molar-refractivity contribution in [2.24, 2.45) is 0 Å². The summed E-state index contributed by atoms with van der Waals surface area (Å²) in [6, 6.07) is 9.71. The highest BCUT2D eigenvalue weighted by atomic mass is 35.5. The monoisotopic (exact) mass is 215 g/mol. The van der Waals surface area contributed by atoms with E-state index in [-0.39, 0.29) is 0 Å². The molecule has 74 valence electrons. The highest BCUT2D eigenvalue weighted by Crippen LogP contribution is 2.25. The normalized spacial score (nSPS) is 9.93. The van der Waals surface area contributed by atoms with E-state index in [4.69, 9.17) is 11.6 Å². The van der Waals surface area contributed by atoms with Crippen LogP contribution in [-0.4, -0.2) is 4.98 Å². The third-order valence-electron chi connectivity index (χ3n) is 2.21. The van der Waals surface area contributed by atoms with Gasteiger partial charge in [-0.3, -0.25) is 4.98 Å². The van der Waals surface area contributed by atoms with Crippen LogP contribution >= 0.6 is 11.6 Å². The predicted octanol–water partition coefficient (Wildman–Crippen LogP) is 4.05. The summed E-state index contributed by atoms with van der Waals surface area (Å²) < 4.78 is 0. The van der Waals surface area contributed by atoms with Gasteiger partial charge in [0, 0.05) is 23.0 Å². The van der Waals surface area contributed by atoms with E-state index in [1.165, 1.54) is 0 Å². The van der Waals surface area contributed by atoms with Gasteiger partial charge in [-0.25, -0.2) is 0 Å². The molecule has 2 heteroatoms. The summed E-state index contributed by atoms with van der Waals surface area (Å²) in [6.07, 6.45) is 5.36. The van der Waals surface area contributed by atoms with Gasteiger partial charge in [0.05, 0.1) is 0 Å². The van der Waals surface area contributed by atoms with E-state index >= 15 is 0 Å². The van der Waals surface area contributed by atoms with Crippen LogP contribution in [0.15, 0.2) is 49.3 Å². The molecule has 0 N–H and O–H groups in total. The number of hydrogen-bond acceptors (Lipinski definition) is 1. The molecular weight excluding hydrogens is 206 g/mol. The van der Waals surface area contributed by atoms with E-state index in [0.717, 1.165) is 21.7 Å². The van der Waals surface area contributed by atoms with Crippen LogP contribution in [0.25, 0.3) is 17.2 Å². The SMILES string of the molecule is C=Cc1cnccc1-c1cccc(Cl)c1. The zero-order valence-corrected chi connectivity index (χ0v) is 8.91. The number of pyridine rings is 1. The Morgan fingerprint density at radius 3 is 2.87 bits per heavy atom. The van der Waals surface area contributed by atoms with Gasteiger partial charge in [-0.1, -0.05) is 36.4 Å². The second-order valence-corrected chi connectivity index (χ2v) is 3.61.